The van der Waals surface area contributed by atoms with Crippen molar-refractivity contribution in [2.24, 2.45) is 0 Å². The molecule has 1 aliphatic rings. The SMILES string of the molecule is [CH2-]c1cccc2c1-c1[c-]ccc[n+]1C2.[Y]. The smallest absolute Gasteiger partial charge is 0.160 e. The van der Waals surface area contributed by atoms with E-state index in [0.717, 1.165) is 17.8 Å². The molecular formula is C13H10NY-. The van der Waals surface area contributed by atoms with Gasteiger partial charge in [0.1, 0.15) is 11.9 Å². The zero-order valence-corrected chi connectivity index (χ0v) is 11.2. The maximum absolute atomic E-state index is 4.06. The summed E-state index contributed by atoms with van der Waals surface area (Å²) in [5, 5.41) is 0. The fourth-order valence-corrected chi connectivity index (χ4v) is 2.05. The second-order valence-electron chi connectivity index (χ2n) is 3.58. The van der Waals surface area contributed by atoms with E-state index in [4.69, 9.17) is 0 Å². The van der Waals surface area contributed by atoms with Gasteiger partial charge in [-0.1, -0.05) is 17.7 Å². The van der Waals surface area contributed by atoms with Crippen molar-refractivity contribution in [2.45, 2.75) is 6.54 Å². The Bertz CT molecular complexity index is 506. The van der Waals surface area contributed by atoms with E-state index in [9.17, 15) is 0 Å². The van der Waals surface area contributed by atoms with Crippen LogP contribution in [0.15, 0.2) is 36.5 Å². The summed E-state index contributed by atoms with van der Waals surface area (Å²) in [7, 11) is 0. The van der Waals surface area contributed by atoms with Crippen molar-refractivity contribution in [2.75, 3.05) is 0 Å². The van der Waals surface area contributed by atoms with E-state index >= 15 is 0 Å². The van der Waals surface area contributed by atoms with Crippen molar-refractivity contribution in [1.82, 2.24) is 0 Å². The largest absolute Gasteiger partial charge is 0.228 e. The summed E-state index contributed by atoms with van der Waals surface area (Å²) in [6, 6.07) is 13.5. The average molecular weight is 269 g/mol. The Balaban J connectivity index is 0.000000853. The van der Waals surface area contributed by atoms with Crippen LogP contribution in [0.1, 0.15) is 11.1 Å². The van der Waals surface area contributed by atoms with E-state index in [2.05, 4.69) is 42.0 Å². The summed E-state index contributed by atoms with van der Waals surface area (Å²) in [5.74, 6) is 0. The van der Waals surface area contributed by atoms with Crippen LogP contribution in [-0.2, 0) is 39.3 Å². The van der Waals surface area contributed by atoms with Crippen molar-refractivity contribution in [3.05, 3.63) is 60.6 Å². The van der Waals surface area contributed by atoms with E-state index in [-0.39, 0.29) is 32.7 Å². The van der Waals surface area contributed by atoms with Gasteiger partial charge in [-0.05, 0) is 5.56 Å². The number of hydrogen-bond donors (Lipinski definition) is 0. The molecule has 0 saturated carbocycles. The van der Waals surface area contributed by atoms with Gasteiger partial charge in [-0.25, -0.2) is 4.57 Å². The van der Waals surface area contributed by atoms with Gasteiger partial charge in [0, 0.05) is 32.7 Å². The Morgan fingerprint density at radius 3 is 3.00 bits per heavy atom. The minimum atomic E-state index is 0. The summed E-state index contributed by atoms with van der Waals surface area (Å²) < 4.78 is 2.21. The van der Waals surface area contributed by atoms with Gasteiger partial charge in [-0.3, -0.25) is 0 Å². The van der Waals surface area contributed by atoms with Crippen LogP contribution < -0.4 is 4.57 Å². The second-order valence-corrected chi connectivity index (χ2v) is 3.58. The Morgan fingerprint density at radius 2 is 2.13 bits per heavy atom. The Labute approximate surface area is 115 Å². The number of hydrogen-bond acceptors (Lipinski definition) is 0. The van der Waals surface area contributed by atoms with Crippen molar-refractivity contribution >= 4 is 0 Å². The average Bonchev–Trinajstić information content (AvgIpc) is 2.57. The van der Waals surface area contributed by atoms with E-state index < -0.39 is 0 Å². The summed E-state index contributed by atoms with van der Waals surface area (Å²) >= 11 is 0. The van der Waals surface area contributed by atoms with Crippen molar-refractivity contribution in [1.29, 1.82) is 0 Å². The number of nitrogens with zero attached hydrogens (tertiary/aromatic N) is 1. The predicted octanol–water partition coefficient (Wildman–Crippen LogP) is 1.98. The van der Waals surface area contributed by atoms with Crippen LogP contribution in [0.5, 0.6) is 0 Å². The molecule has 15 heavy (non-hydrogen) atoms. The van der Waals surface area contributed by atoms with E-state index in [1.165, 1.54) is 11.1 Å². The molecule has 1 radical (unpaired) electrons. The maximum atomic E-state index is 4.06. The molecule has 71 valence electrons. The molecule has 1 nitrogen and oxygen atoms in total. The number of benzene rings is 1. The summed E-state index contributed by atoms with van der Waals surface area (Å²) in [4.78, 5) is 0. The molecule has 0 bridgehead atoms. The van der Waals surface area contributed by atoms with Gasteiger partial charge in [0.2, 0.25) is 0 Å². The molecule has 2 heteroatoms. The van der Waals surface area contributed by atoms with Gasteiger partial charge in [-0.15, -0.1) is 12.1 Å². The van der Waals surface area contributed by atoms with Crippen molar-refractivity contribution in [3.63, 3.8) is 0 Å². The van der Waals surface area contributed by atoms with Gasteiger partial charge >= 0.3 is 0 Å². The molecule has 0 amide bonds. The quantitative estimate of drug-likeness (QED) is 0.434. The first-order valence-electron chi connectivity index (χ1n) is 4.70. The fourth-order valence-electron chi connectivity index (χ4n) is 2.05. The first-order valence-corrected chi connectivity index (χ1v) is 4.70. The van der Waals surface area contributed by atoms with Crippen molar-refractivity contribution < 1.29 is 37.3 Å². The van der Waals surface area contributed by atoms with Crippen molar-refractivity contribution in [3.8, 4) is 11.3 Å². The van der Waals surface area contributed by atoms with Crippen LogP contribution in [0.4, 0.5) is 0 Å². The monoisotopic (exact) mass is 269 g/mol. The molecule has 0 atom stereocenters. The molecule has 0 spiro atoms. The minimum Gasteiger partial charge on any atom is -0.228 e. The van der Waals surface area contributed by atoms with Crippen LogP contribution in [0.3, 0.4) is 0 Å². The minimum absolute atomic E-state index is 0. The van der Waals surface area contributed by atoms with Gasteiger partial charge in [-0.2, -0.15) is 24.6 Å². The molecule has 0 aliphatic carbocycles. The first-order chi connectivity index (χ1) is 6.86. The molecule has 2 aromatic rings. The van der Waals surface area contributed by atoms with E-state index in [0.29, 0.717) is 0 Å². The molecule has 0 unspecified atom stereocenters. The molecule has 1 aromatic carbocycles. The molecule has 1 aliphatic heterocycles. The van der Waals surface area contributed by atoms with Gasteiger partial charge in [0.05, 0.1) is 0 Å². The molecule has 0 fully saturated rings. The van der Waals surface area contributed by atoms with Crippen LogP contribution in [0, 0.1) is 13.0 Å². The van der Waals surface area contributed by atoms with Gasteiger partial charge < -0.3 is 0 Å². The topological polar surface area (TPSA) is 3.88 Å². The van der Waals surface area contributed by atoms with Crippen LogP contribution in [0.25, 0.3) is 11.3 Å². The summed E-state index contributed by atoms with van der Waals surface area (Å²) in [5.41, 5.74) is 4.86. The molecule has 1 aromatic heterocycles. The first kappa shape index (κ1) is 10.8. The second kappa shape index (κ2) is 4.07. The number of pyridine rings is 1. The number of aromatic nitrogens is 1. The Kier molecular flexibility index (Phi) is 2.95. The summed E-state index contributed by atoms with van der Waals surface area (Å²) in [6.45, 7) is 5.01. The van der Waals surface area contributed by atoms with E-state index in [1.807, 2.05) is 12.1 Å². The third-order valence-corrected chi connectivity index (χ3v) is 2.68. The molecule has 0 saturated heterocycles. The van der Waals surface area contributed by atoms with Crippen LogP contribution in [-0.4, -0.2) is 0 Å². The zero-order chi connectivity index (χ0) is 9.54. The summed E-state index contributed by atoms with van der Waals surface area (Å²) in [6.07, 6.45) is 2.09. The standard InChI is InChI=1S/C13H10N.Y/c1-10-5-4-6-11-9-14-8-3-2-7-12(14)13(10)11;/h2-6,8H,1,9H2;/q-1;. The number of rotatable bonds is 0. The van der Waals surface area contributed by atoms with E-state index in [1.54, 1.807) is 0 Å². The van der Waals surface area contributed by atoms with Gasteiger partial charge in [0.15, 0.2) is 6.54 Å². The normalized spacial score (nSPS) is 11.5. The van der Waals surface area contributed by atoms with Crippen LogP contribution in [0.2, 0.25) is 0 Å². The van der Waals surface area contributed by atoms with Gasteiger partial charge in [0.25, 0.3) is 0 Å². The zero-order valence-electron chi connectivity index (χ0n) is 8.40. The maximum Gasteiger partial charge on any atom is 0.160 e. The third kappa shape index (κ3) is 1.64. The number of fused-ring (bicyclic) bond motifs is 3. The Morgan fingerprint density at radius 1 is 1.27 bits per heavy atom. The fraction of sp³-hybridized carbons (Fsp3) is 0.0769. The molecule has 2 heterocycles. The van der Waals surface area contributed by atoms with Crippen LogP contribution >= 0.6 is 0 Å². The predicted molar refractivity (Wildman–Crippen MR) is 54.5 cm³/mol. The Hall–Kier alpha value is -0.656. The molecule has 0 N–H and O–H groups in total. The third-order valence-electron chi connectivity index (χ3n) is 2.68. The molecule has 3 rings (SSSR count). The molecular weight excluding hydrogens is 259 g/mol.